The Balaban J connectivity index is 2.61. The highest BCUT2D eigenvalue weighted by atomic mass is 16.5. The van der Waals surface area contributed by atoms with Crippen LogP contribution in [0.3, 0.4) is 0 Å². The lowest BCUT2D eigenvalue weighted by Crippen LogP contribution is -2.02. The number of aryl methyl sites for hydroxylation is 2. The molecule has 0 unspecified atom stereocenters. The maximum absolute atomic E-state index is 8.80. The second kappa shape index (κ2) is 5.06. The van der Waals surface area contributed by atoms with Crippen molar-refractivity contribution in [3.05, 3.63) is 53.6 Å². The molecule has 0 aromatic heterocycles. The van der Waals surface area contributed by atoms with Crippen molar-refractivity contribution in [3.8, 4) is 16.9 Å². The van der Waals surface area contributed by atoms with Crippen LogP contribution in [0.2, 0.25) is 0 Å². The van der Waals surface area contributed by atoms with Gasteiger partial charge in [-0.15, -0.1) is 0 Å². The third-order valence-electron chi connectivity index (χ3n) is 2.83. The molecule has 0 saturated carbocycles. The topological polar surface area (TPSA) is 29.5 Å². The Morgan fingerprint density at radius 3 is 2.35 bits per heavy atom. The molecule has 2 aromatic carbocycles. The van der Waals surface area contributed by atoms with E-state index in [0.717, 1.165) is 24.4 Å². The van der Waals surface area contributed by atoms with Crippen LogP contribution in [0.1, 0.15) is 11.1 Å². The highest BCUT2D eigenvalue weighted by molar-refractivity contribution is 6.17. The molecule has 0 saturated heterocycles. The first-order valence-corrected chi connectivity index (χ1v) is 5.52. The first-order valence-electron chi connectivity index (χ1n) is 5.52. The van der Waals surface area contributed by atoms with Crippen LogP contribution in [0.4, 0.5) is 0 Å². The van der Waals surface area contributed by atoms with Crippen molar-refractivity contribution >= 4 is 7.69 Å². The maximum atomic E-state index is 8.80. The molecule has 0 fully saturated rings. The fourth-order valence-electron chi connectivity index (χ4n) is 1.99. The molecule has 3 heteroatoms. The summed E-state index contributed by atoms with van der Waals surface area (Å²) in [6, 6.07) is 13.9. The third kappa shape index (κ3) is 2.34. The molecule has 0 amide bonds. The van der Waals surface area contributed by atoms with Crippen molar-refractivity contribution in [2.45, 2.75) is 13.8 Å². The van der Waals surface area contributed by atoms with Gasteiger partial charge in [0.15, 0.2) is 0 Å². The summed E-state index contributed by atoms with van der Waals surface area (Å²) in [5.41, 5.74) is 4.46. The van der Waals surface area contributed by atoms with Gasteiger partial charge in [0.25, 0.3) is 0 Å². The monoisotopic (exact) mass is 225 g/mol. The van der Waals surface area contributed by atoms with Gasteiger partial charge in [0.2, 0.25) is 0 Å². The van der Waals surface area contributed by atoms with Gasteiger partial charge in [0.05, 0.1) is 0 Å². The first kappa shape index (κ1) is 11.7. The van der Waals surface area contributed by atoms with Gasteiger partial charge in [-0.2, -0.15) is 0 Å². The van der Waals surface area contributed by atoms with Crippen molar-refractivity contribution < 1.29 is 9.68 Å². The molecule has 0 aliphatic rings. The van der Waals surface area contributed by atoms with E-state index in [4.69, 9.17) is 9.68 Å². The van der Waals surface area contributed by atoms with E-state index in [-0.39, 0.29) is 0 Å². The summed E-state index contributed by atoms with van der Waals surface area (Å²) in [5.74, 6) is 0.668. The lowest BCUT2D eigenvalue weighted by molar-refractivity contribution is 0.454. The van der Waals surface area contributed by atoms with E-state index in [2.05, 4.69) is 19.1 Å². The van der Waals surface area contributed by atoms with Gasteiger partial charge >= 0.3 is 7.69 Å². The standard InChI is InChI=1S/C14H14BO2/c1-10-6-3-4-8-12(10)14-11(2)7-5-9-13(14)17-15-16/h3-9,16H,1-2H3. The molecule has 1 radical (unpaired) electrons. The molecule has 0 heterocycles. The molecule has 17 heavy (non-hydrogen) atoms. The predicted molar refractivity (Wildman–Crippen MR) is 70.0 cm³/mol. The molecule has 0 bridgehead atoms. The molecule has 2 aromatic rings. The Bertz CT molecular complexity index is 523. The SMILES string of the molecule is Cc1ccccc1-c1c(C)cccc1O[B]O. The summed E-state index contributed by atoms with van der Waals surface area (Å²) in [7, 11) is 0.719. The molecule has 0 spiro atoms. The summed E-state index contributed by atoms with van der Waals surface area (Å²) in [4.78, 5) is 0. The molecular weight excluding hydrogens is 211 g/mol. The van der Waals surface area contributed by atoms with Gasteiger partial charge in [-0.1, -0.05) is 36.4 Å². The van der Waals surface area contributed by atoms with Gasteiger partial charge in [0, 0.05) is 5.56 Å². The average Bonchev–Trinajstić information content (AvgIpc) is 2.31. The molecule has 0 aliphatic carbocycles. The lowest BCUT2D eigenvalue weighted by Gasteiger charge is -2.14. The fraction of sp³-hybridized carbons (Fsp3) is 0.143. The number of rotatable bonds is 3. The number of benzene rings is 2. The van der Waals surface area contributed by atoms with Crippen molar-refractivity contribution in [2.75, 3.05) is 0 Å². The van der Waals surface area contributed by atoms with Gasteiger partial charge in [-0.3, -0.25) is 0 Å². The van der Waals surface area contributed by atoms with Crippen molar-refractivity contribution in [2.24, 2.45) is 0 Å². The summed E-state index contributed by atoms with van der Waals surface area (Å²) in [5, 5.41) is 8.80. The van der Waals surface area contributed by atoms with Crippen molar-refractivity contribution in [1.82, 2.24) is 0 Å². The van der Waals surface area contributed by atoms with E-state index in [1.165, 1.54) is 5.56 Å². The molecule has 2 rings (SSSR count). The molecule has 2 nitrogen and oxygen atoms in total. The van der Waals surface area contributed by atoms with E-state index in [9.17, 15) is 0 Å². The minimum Gasteiger partial charge on any atom is -0.537 e. The van der Waals surface area contributed by atoms with Gasteiger partial charge in [-0.05, 0) is 36.6 Å². The molecular formula is C14H14BO2. The van der Waals surface area contributed by atoms with Crippen molar-refractivity contribution in [3.63, 3.8) is 0 Å². The van der Waals surface area contributed by atoms with Crippen LogP contribution in [0.15, 0.2) is 42.5 Å². The summed E-state index contributed by atoms with van der Waals surface area (Å²) in [6.45, 7) is 4.10. The normalized spacial score (nSPS) is 10.1. The minimum absolute atomic E-state index is 0.668. The smallest absolute Gasteiger partial charge is 0.537 e. The Kier molecular flexibility index (Phi) is 3.50. The highest BCUT2D eigenvalue weighted by Gasteiger charge is 2.11. The van der Waals surface area contributed by atoms with Crippen LogP contribution >= 0.6 is 0 Å². The van der Waals surface area contributed by atoms with E-state index >= 15 is 0 Å². The van der Waals surface area contributed by atoms with Crippen LogP contribution in [0, 0.1) is 13.8 Å². The summed E-state index contributed by atoms with van der Waals surface area (Å²) in [6.07, 6.45) is 0. The Morgan fingerprint density at radius 1 is 0.941 bits per heavy atom. The third-order valence-corrected chi connectivity index (χ3v) is 2.83. The van der Waals surface area contributed by atoms with E-state index in [1.54, 1.807) is 0 Å². The van der Waals surface area contributed by atoms with Gasteiger partial charge in [-0.25, -0.2) is 0 Å². The highest BCUT2D eigenvalue weighted by Crippen LogP contribution is 2.34. The van der Waals surface area contributed by atoms with E-state index in [1.807, 2.05) is 37.3 Å². The van der Waals surface area contributed by atoms with Crippen LogP contribution in [-0.4, -0.2) is 12.7 Å². The number of hydrogen-bond acceptors (Lipinski definition) is 2. The van der Waals surface area contributed by atoms with Crippen LogP contribution in [-0.2, 0) is 0 Å². The zero-order valence-electron chi connectivity index (χ0n) is 9.97. The Morgan fingerprint density at radius 2 is 1.65 bits per heavy atom. The van der Waals surface area contributed by atoms with E-state index < -0.39 is 0 Å². The number of hydrogen-bond donors (Lipinski definition) is 1. The summed E-state index contributed by atoms with van der Waals surface area (Å²) >= 11 is 0. The molecule has 85 valence electrons. The molecule has 0 aliphatic heterocycles. The van der Waals surface area contributed by atoms with Crippen LogP contribution < -0.4 is 4.65 Å². The average molecular weight is 225 g/mol. The largest absolute Gasteiger partial charge is 0.569 e. The predicted octanol–water partition coefficient (Wildman–Crippen LogP) is 2.88. The van der Waals surface area contributed by atoms with Crippen molar-refractivity contribution in [1.29, 1.82) is 0 Å². The Labute approximate surface area is 102 Å². The molecule has 0 atom stereocenters. The van der Waals surface area contributed by atoms with Crippen LogP contribution in [0.25, 0.3) is 11.1 Å². The summed E-state index contributed by atoms with van der Waals surface area (Å²) < 4.78 is 5.16. The van der Waals surface area contributed by atoms with E-state index in [0.29, 0.717) is 5.75 Å². The zero-order valence-corrected chi connectivity index (χ0v) is 9.97. The van der Waals surface area contributed by atoms with Crippen LogP contribution in [0.5, 0.6) is 5.75 Å². The second-order valence-corrected chi connectivity index (χ2v) is 3.99. The van der Waals surface area contributed by atoms with Gasteiger partial charge < -0.3 is 9.68 Å². The Hall–Kier alpha value is -1.74. The first-order chi connectivity index (χ1) is 8.24. The maximum Gasteiger partial charge on any atom is 0.569 e. The second-order valence-electron chi connectivity index (χ2n) is 3.99. The molecule has 1 N–H and O–H groups in total. The zero-order chi connectivity index (χ0) is 12.3. The lowest BCUT2D eigenvalue weighted by atomic mass is 9.95. The fourth-order valence-corrected chi connectivity index (χ4v) is 1.99. The quantitative estimate of drug-likeness (QED) is 0.813. The van der Waals surface area contributed by atoms with Gasteiger partial charge in [0.1, 0.15) is 5.75 Å². The minimum atomic E-state index is 0.668.